The highest BCUT2D eigenvalue weighted by atomic mass is 16.5. The number of unbranched alkanes of at least 4 members (excludes halogenated alkanes) is 2. The highest BCUT2D eigenvalue weighted by Crippen LogP contribution is 2.35. The van der Waals surface area contributed by atoms with E-state index in [-0.39, 0.29) is 5.78 Å². The number of nitrogens with one attached hydrogen (secondary N) is 1. The zero-order chi connectivity index (χ0) is 34.6. The zero-order valence-corrected chi connectivity index (χ0v) is 29.0. The van der Waals surface area contributed by atoms with Crippen molar-refractivity contribution in [3.8, 4) is 12.8 Å². The molecular formula is C37H60N6O2. The molecule has 0 fully saturated rings. The molecule has 2 aromatic rings. The number of benzene rings is 1. The fourth-order valence-corrected chi connectivity index (χ4v) is 4.33. The third kappa shape index (κ3) is 16.6. The Bertz CT molecular complexity index is 1230. The molecule has 7 N–H and O–H groups in total. The van der Waals surface area contributed by atoms with Crippen LogP contribution in [0.1, 0.15) is 116 Å². The Morgan fingerprint density at radius 2 is 1.69 bits per heavy atom. The number of rotatable bonds is 12. The number of fused-ring (bicyclic) bond motifs is 3. The number of ketones is 1. The first-order chi connectivity index (χ1) is 21.7. The first kappa shape index (κ1) is 43.2. The third-order valence-electron chi connectivity index (χ3n) is 6.66. The molecule has 0 atom stereocenters. The van der Waals surface area contributed by atoms with Gasteiger partial charge in [-0.15, -0.1) is 12.8 Å². The van der Waals surface area contributed by atoms with Gasteiger partial charge in [-0.2, -0.15) is 0 Å². The van der Waals surface area contributed by atoms with Crippen LogP contribution >= 0.6 is 0 Å². The van der Waals surface area contributed by atoms with Crippen LogP contribution in [0.4, 0.5) is 5.69 Å². The fraction of sp³-hybridized carbons (Fsp3) is 0.514. The largest absolute Gasteiger partial charge is 0.404 e. The van der Waals surface area contributed by atoms with E-state index >= 15 is 0 Å². The average molecular weight is 621 g/mol. The minimum atomic E-state index is 0.114. The molecule has 0 spiro atoms. The molecule has 1 heterocycles. The van der Waals surface area contributed by atoms with Crippen LogP contribution in [0, 0.1) is 18.3 Å². The summed E-state index contributed by atoms with van der Waals surface area (Å²) in [6, 6.07) is 3.69. The van der Waals surface area contributed by atoms with Crippen LogP contribution in [-0.2, 0) is 22.4 Å². The molecule has 1 aromatic heterocycles. The summed E-state index contributed by atoms with van der Waals surface area (Å²) >= 11 is 0. The lowest BCUT2D eigenvalue weighted by atomic mass is 9.85. The summed E-state index contributed by atoms with van der Waals surface area (Å²) in [4.78, 5) is 20.3. The number of nitrogens with zero attached hydrogens (tertiary/aromatic N) is 2. The number of nitrogens with two attached hydrogens (primary N) is 3. The van der Waals surface area contributed by atoms with E-state index in [9.17, 15) is 4.79 Å². The van der Waals surface area contributed by atoms with Crippen LogP contribution in [0.3, 0.4) is 0 Å². The number of carbonyl (C=O) groups excluding carboxylic acids is 1. The second-order valence-corrected chi connectivity index (χ2v) is 10.2. The number of ether oxygens (including phenoxy) is 1. The van der Waals surface area contributed by atoms with Crippen molar-refractivity contribution in [1.29, 1.82) is 5.41 Å². The topological polar surface area (TPSA) is 153 Å². The predicted molar refractivity (Wildman–Crippen MR) is 197 cm³/mol. The molecule has 0 amide bonds. The van der Waals surface area contributed by atoms with Crippen LogP contribution in [-0.4, -0.2) is 43.0 Å². The average Bonchev–Trinajstić information content (AvgIpc) is 3.07. The molecule has 0 radical (unpaired) electrons. The Morgan fingerprint density at radius 1 is 1.07 bits per heavy atom. The molecule has 1 aliphatic rings. The summed E-state index contributed by atoms with van der Waals surface area (Å²) in [7, 11) is 0. The van der Waals surface area contributed by atoms with Gasteiger partial charge in [0.2, 0.25) is 0 Å². The summed E-state index contributed by atoms with van der Waals surface area (Å²) in [6.07, 6.45) is 23.8. The second-order valence-electron chi connectivity index (χ2n) is 10.2. The molecule has 3 rings (SSSR count). The molecular weight excluding hydrogens is 560 g/mol. The monoisotopic (exact) mass is 620 g/mol. The zero-order valence-electron chi connectivity index (χ0n) is 29.0. The lowest BCUT2D eigenvalue weighted by Gasteiger charge is -2.22. The number of anilines is 1. The second kappa shape index (κ2) is 27.6. The van der Waals surface area contributed by atoms with Gasteiger partial charge in [-0.3, -0.25) is 9.79 Å². The third-order valence-corrected chi connectivity index (χ3v) is 6.66. The Balaban J connectivity index is 0. The molecule has 0 unspecified atom stereocenters. The summed E-state index contributed by atoms with van der Waals surface area (Å²) < 4.78 is 5.28. The molecule has 1 aromatic carbocycles. The molecule has 8 heteroatoms. The lowest BCUT2D eigenvalue weighted by molar-refractivity contribution is -0.116. The van der Waals surface area contributed by atoms with Crippen molar-refractivity contribution in [2.75, 3.05) is 25.5 Å². The van der Waals surface area contributed by atoms with Gasteiger partial charge in [0.25, 0.3) is 0 Å². The van der Waals surface area contributed by atoms with Crippen molar-refractivity contribution < 1.29 is 9.53 Å². The number of aliphatic imine (C=N–C) groups is 1. The molecule has 8 nitrogen and oxygen atoms in total. The normalized spacial score (nSPS) is 12.2. The number of carbonyl (C=O) groups is 1. The fourth-order valence-electron chi connectivity index (χ4n) is 4.33. The van der Waals surface area contributed by atoms with Gasteiger partial charge >= 0.3 is 0 Å². The molecule has 45 heavy (non-hydrogen) atoms. The van der Waals surface area contributed by atoms with E-state index in [0.717, 1.165) is 84.3 Å². The van der Waals surface area contributed by atoms with Gasteiger partial charge < -0.3 is 27.3 Å². The van der Waals surface area contributed by atoms with Gasteiger partial charge in [0.1, 0.15) is 5.78 Å². The first-order valence-electron chi connectivity index (χ1n) is 16.2. The number of terminal acetylenes is 1. The van der Waals surface area contributed by atoms with E-state index in [1.165, 1.54) is 37.2 Å². The van der Waals surface area contributed by atoms with Crippen LogP contribution in [0.25, 0.3) is 16.5 Å². The van der Waals surface area contributed by atoms with Gasteiger partial charge in [0.05, 0.1) is 11.2 Å². The molecule has 0 bridgehead atoms. The van der Waals surface area contributed by atoms with Gasteiger partial charge in [-0.05, 0) is 82.6 Å². The summed E-state index contributed by atoms with van der Waals surface area (Å²) in [5.41, 5.74) is 24.1. The summed E-state index contributed by atoms with van der Waals surface area (Å²) in [6.45, 7) is 16.0. The van der Waals surface area contributed by atoms with Crippen molar-refractivity contribution in [3.63, 3.8) is 0 Å². The summed E-state index contributed by atoms with van der Waals surface area (Å²) in [5.74, 6) is 0.114. The van der Waals surface area contributed by atoms with Crippen molar-refractivity contribution >= 4 is 40.4 Å². The predicted octanol–water partition coefficient (Wildman–Crippen LogP) is 7.79. The Kier molecular flexibility index (Phi) is 26.5. The molecule has 0 saturated carbocycles. The number of pyridine rings is 1. The van der Waals surface area contributed by atoms with E-state index < -0.39 is 0 Å². The summed E-state index contributed by atoms with van der Waals surface area (Å²) in [5, 5.41) is 8.77. The maximum Gasteiger partial charge on any atom is 0.131 e. The van der Waals surface area contributed by atoms with Crippen molar-refractivity contribution in [2.24, 2.45) is 16.5 Å². The van der Waals surface area contributed by atoms with Gasteiger partial charge in [0, 0.05) is 72.7 Å². The van der Waals surface area contributed by atoms with Crippen LogP contribution in [0.15, 0.2) is 35.1 Å². The highest BCUT2D eigenvalue weighted by molar-refractivity contribution is 6.11. The lowest BCUT2D eigenvalue weighted by Crippen LogP contribution is -2.12. The Labute approximate surface area is 273 Å². The van der Waals surface area contributed by atoms with Crippen molar-refractivity contribution in [2.45, 2.75) is 106 Å². The van der Waals surface area contributed by atoms with E-state index in [2.05, 4.69) is 31.7 Å². The molecule has 0 aliphatic heterocycles. The van der Waals surface area contributed by atoms with Gasteiger partial charge in [-0.1, -0.05) is 46.6 Å². The maximum absolute atomic E-state index is 11.1. The van der Waals surface area contributed by atoms with E-state index in [1.54, 1.807) is 19.2 Å². The number of aromatic nitrogens is 1. The SMILES string of the molecule is C#C.C/C=C(\C)N.CC.CC(=O)CCN=C/C(=C\N)c1nc2ccc(N)c(C=N)c2c2c1CCCC2.CCCCCOCCC. The number of aryl methyl sites for hydroxylation is 1. The van der Waals surface area contributed by atoms with E-state index in [1.807, 2.05) is 39.8 Å². The maximum atomic E-state index is 11.1. The first-order valence-corrected chi connectivity index (χ1v) is 16.2. The Morgan fingerprint density at radius 3 is 2.20 bits per heavy atom. The quantitative estimate of drug-likeness (QED) is 0.0822. The smallest absolute Gasteiger partial charge is 0.131 e. The number of hydrogen-bond acceptors (Lipinski definition) is 8. The number of Topliss-reactive ketones (excluding diaryl/α,β-unsaturated/α-hetero) is 1. The number of hydrogen-bond donors (Lipinski definition) is 4. The van der Waals surface area contributed by atoms with Gasteiger partial charge in [0.15, 0.2) is 0 Å². The number of allylic oxidation sites excluding steroid dienone is 3. The highest BCUT2D eigenvalue weighted by Gasteiger charge is 2.22. The minimum absolute atomic E-state index is 0.114. The molecule has 250 valence electrons. The Hall–Kier alpha value is -3.96. The van der Waals surface area contributed by atoms with Crippen LogP contribution in [0.2, 0.25) is 0 Å². The molecule has 0 saturated heterocycles. The minimum Gasteiger partial charge on any atom is -0.404 e. The van der Waals surface area contributed by atoms with Crippen molar-refractivity contribution in [1.82, 2.24) is 4.98 Å². The number of nitrogen functional groups attached to an aromatic ring is 1. The van der Waals surface area contributed by atoms with Crippen LogP contribution in [0.5, 0.6) is 0 Å². The standard InChI is InChI=1S/C21H25N5O.C8H18O.C4H9N.C2H6.C2H2/c1-13(27)8-9-25-12-14(10-22)21-16-5-3-2-4-15(16)20-17(11-23)18(24)6-7-19(20)26-21;1-3-5-6-8-9-7-4-2;1-3-4(2)5;2*1-2/h6-7,10-12,23H,2-5,8-9,22,24H2,1H3;3-8H2,1-2H3;3H,5H2,1-2H3;1-2H3;1-2H/b14-10+,23-11?,25-12?;;4-3+;;. The van der Waals surface area contributed by atoms with Crippen LogP contribution < -0.4 is 17.2 Å². The van der Waals surface area contributed by atoms with E-state index in [0.29, 0.717) is 18.7 Å². The van der Waals surface area contributed by atoms with E-state index in [4.69, 9.17) is 32.3 Å². The van der Waals surface area contributed by atoms with Crippen molar-refractivity contribution in [3.05, 3.63) is 52.5 Å². The molecule has 1 aliphatic carbocycles. The van der Waals surface area contributed by atoms with Gasteiger partial charge in [-0.25, -0.2) is 4.98 Å².